The first-order valence-electron chi connectivity index (χ1n) is 7.20. The summed E-state index contributed by atoms with van der Waals surface area (Å²) in [4.78, 5) is 25.0. The van der Waals surface area contributed by atoms with Crippen LogP contribution in [0.5, 0.6) is 0 Å². The highest BCUT2D eigenvalue weighted by atomic mass is 16.6. The maximum Gasteiger partial charge on any atom is 0.272 e. The second-order valence-corrected chi connectivity index (χ2v) is 5.71. The second kappa shape index (κ2) is 6.22. The Morgan fingerprint density at radius 1 is 1.48 bits per heavy atom. The van der Waals surface area contributed by atoms with Crippen LogP contribution in [0.4, 0.5) is 5.69 Å². The van der Waals surface area contributed by atoms with Crippen molar-refractivity contribution >= 4 is 11.6 Å². The fourth-order valence-electron chi connectivity index (χ4n) is 2.84. The highest BCUT2D eigenvalue weighted by molar-refractivity contribution is 5.95. The van der Waals surface area contributed by atoms with Crippen LogP contribution in [0.1, 0.15) is 36.2 Å². The number of nitro benzene ring substituents is 1. The van der Waals surface area contributed by atoms with Gasteiger partial charge < -0.3 is 10.2 Å². The smallest absolute Gasteiger partial charge is 0.272 e. The molecule has 1 amide bonds. The van der Waals surface area contributed by atoms with Crippen LogP contribution in [-0.4, -0.2) is 40.9 Å². The van der Waals surface area contributed by atoms with E-state index in [0.29, 0.717) is 11.1 Å². The van der Waals surface area contributed by atoms with Gasteiger partial charge in [0.05, 0.1) is 4.92 Å². The Hall–Kier alpha value is -1.95. The van der Waals surface area contributed by atoms with E-state index in [1.165, 1.54) is 6.07 Å². The third kappa shape index (κ3) is 3.21. The molecule has 1 heterocycles. The molecule has 1 unspecified atom stereocenters. The normalized spacial score (nSPS) is 18.0. The molecular formula is C15H21N3O3. The maximum absolute atomic E-state index is 12.7. The summed E-state index contributed by atoms with van der Waals surface area (Å²) in [5.74, 6) is -0.0586. The molecule has 0 saturated carbocycles. The standard InChI is InChI=1S/C15H21N3O3/c1-10(2)17(13-6-7-16-9-13)15(19)12-4-5-14(18(20)21)11(3)8-12/h4-5,8,10,13,16H,6-7,9H2,1-3H3. The van der Waals surface area contributed by atoms with Crippen molar-refractivity contribution in [3.8, 4) is 0 Å². The highest BCUT2D eigenvalue weighted by Crippen LogP contribution is 2.22. The average molecular weight is 291 g/mol. The van der Waals surface area contributed by atoms with Gasteiger partial charge in [-0.25, -0.2) is 0 Å². The second-order valence-electron chi connectivity index (χ2n) is 5.71. The van der Waals surface area contributed by atoms with Gasteiger partial charge in [0.1, 0.15) is 0 Å². The molecule has 21 heavy (non-hydrogen) atoms. The molecular weight excluding hydrogens is 270 g/mol. The Bertz CT molecular complexity index is 551. The molecule has 0 spiro atoms. The summed E-state index contributed by atoms with van der Waals surface area (Å²) < 4.78 is 0. The number of nitro groups is 1. The van der Waals surface area contributed by atoms with Gasteiger partial charge in [0.2, 0.25) is 0 Å². The van der Waals surface area contributed by atoms with E-state index in [1.54, 1.807) is 19.1 Å². The van der Waals surface area contributed by atoms with Crippen molar-refractivity contribution in [2.75, 3.05) is 13.1 Å². The lowest BCUT2D eigenvalue weighted by Gasteiger charge is -2.32. The van der Waals surface area contributed by atoms with Crippen LogP contribution >= 0.6 is 0 Å². The zero-order valence-corrected chi connectivity index (χ0v) is 12.6. The molecule has 2 rings (SSSR count). The van der Waals surface area contributed by atoms with Gasteiger partial charge in [-0.1, -0.05) is 0 Å². The van der Waals surface area contributed by atoms with E-state index in [-0.39, 0.29) is 23.7 Å². The number of amides is 1. The van der Waals surface area contributed by atoms with E-state index in [4.69, 9.17) is 0 Å². The van der Waals surface area contributed by atoms with E-state index < -0.39 is 4.92 Å². The van der Waals surface area contributed by atoms with Crippen molar-refractivity contribution in [2.24, 2.45) is 0 Å². The van der Waals surface area contributed by atoms with Crippen LogP contribution in [0.15, 0.2) is 18.2 Å². The Labute approximate surface area is 124 Å². The first-order valence-corrected chi connectivity index (χ1v) is 7.20. The lowest BCUT2D eigenvalue weighted by molar-refractivity contribution is -0.385. The minimum atomic E-state index is -0.426. The van der Waals surface area contributed by atoms with Gasteiger partial charge >= 0.3 is 0 Å². The van der Waals surface area contributed by atoms with E-state index in [2.05, 4.69) is 5.32 Å². The lowest BCUT2D eigenvalue weighted by atomic mass is 10.1. The molecule has 1 fully saturated rings. The van der Waals surface area contributed by atoms with Gasteiger partial charge in [-0.15, -0.1) is 0 Å². The number of hydrogen-bond donors (Lipinski definition) is 1. The van der Waals surface area contributed by atoms with Crippen LogP contribution in [0, 0.1) is 17.0 Å². The molecule has 114 valence electrons. The zero-order chi connectivity index (χ0) is 15.6. The van der Waals surface area contributed by atoms with Gasteiger partial charge in [0, 0.05) is 35.8 Å². The summed E-state index contributed by atoms with van der Waals surface area (Å²) in [6.45, 7) is 7.37. The number of rotatable bonds is 4. The zero-order valence-electron chi connectivity index (χ0n) is 12.6. The van der Waals surface area contributed by atoms with E-state index in [9.17, 15) is 14.9 Å². The van der Waals surface area contributed by atoms with E-state index in [1.807, 2.05) is 18.7 Å². The van der Waals surface area contributed by atoms with Crippen LogP contribution in [0.3, 0.4) is 0 Å². The summed E-state index contributed by atoms with van der Waals surface area (Å²) >= 11 is 0. The van der Waals surface area contributed by atoms with Crippen LogP contribution in [-0.2, 0) is 0 Å². The summed E-state index contributed by atoms with van der Waals surface area (Å²) in [6, 6.07) is 4.85. The summed E-state index contributed by atoms with van der Waals surface area (Å²) in [6.07, 6.45) is 0.940. The number of carbonyl (C=O) groups excluding carboxylic acids is 1. The van der Waals surface area contributed by atoms with Gasteiger partial charge in [-0.3, -0.25) is 14.9 Å². The topological polar surface area (TPSA) is 75.5 Å². The third-order valence-corrected chi connectivity index (χ3v) is 3.86. The quantitative estimate of drug-likeness (QED) is 0.681. The number of nitrogens with one attached hydrogen (secondary N) is 1. The van der Waals surface area contributed by atoms with Crippen LogP contribution in [0.25, 0.3) is 0 Å². The van der Waals surface area contributed by atoms with Gasteiger partial charge in [0.15, 0.2) is 0 Å². The number of hydrogen-bond acceptors (Lipinski definition) is 4. The molecule has 1 aromatic rings. The summed E-state index contributed by atoms with van der Waals surface area (Å²) in [7, 11) is 0. The van der Waals surface area contributed by atoms with Crippen molar-refractivity contribution in [2.45, 2.75) is 39.3 Å². The SMILES string of the molecule is Cc1cc(C(=O)N(C(C)C)C2CCNC2)ccc1[N+](=O)[O-]. The number of carbonyl (C=O) groups is 1. The van der Waals surface area contributed by atoms with E-state index in [0.717, 1.165) is 19.5 Å². The fourth-order valence-corrected chi connectivity index (χ4v) is 2.84. The molecule has 1 N–H and O–H groups in total. The molecule has 0 bridgehead atoms. The molecule has 1 atom stereocenters. The molecule has 6 nitrogen and oxygen atoms in total. The van der Waals surface area contributed by atoms with Crippen molar-refractivity contribution < 1.29 is 9.72 Å². The molecule has 6 heteroatoms. The van der Waals surface area contributed by atoms with Gasteiger partial charge in [-0.2, -0.15) is 0 Å². The third-order valence-electron chi connectivity index (χ3n) is 3.86. The number of benzene rings is 1. The van der Waals surface area contributed by atoms with Crippen LogP contribution < -0.4 is 5.32 Å². The predicted octanol–water partition coefficient (Wildman–Crippen LogP) is 2.12. The van der Waals surface area contributed by atoms with Crippen molar-refractivity contribution in [3.63, 3.8) is 0 Å². The first-order chi connectivity index (χ1) is 9.91. The Morgan fingerprint density at radius 3 is 2.67 bits per heavy atom. The molecule has 1 saturated heterocycles. The average Bonchev–Trinajstić information content (AvgIpc) is 2.91. The largest absolute Gasteiger partial charge is 0.332 e. The Balaban J connectivity index is 2.28. The minimum absolute atomic E-state index is 0.0465. The summed E-state index contributed by atoms with van der Waals surface area (Å²) in [5, 5.41) is 14.1. The Morgan fingerprint density at radius 2 is 2.19 bits per heavy atom. The molecule has 0 radical (unpaired) electrons. The Kier molecular flexibility index (Phi) is 4.57. The van der Waals surface area contributed by atoms with Gasteiger partial charge in [0.25, 0.3) is 11.6 Å². The maximum atomic E-state index is 12.7. The highest BCUT2D eigenvalue weighted by Gasteiger charge is 2.29. The van der Waals surface area contributed by atoms with Crippen molar-refractivity contribution in [1.82, 2.24) is 10.2 Å². The molecule has 0 aromatic heterocycles. The van der Waals surface area contributed by atoms with Crippen LogP contribution in [0.2, 0.25) is 0 Å². The first kappa shape index (κ1) is 15.4. The predicted molar refractivity (Wildman–Crippen MR) is 80.4 cm³/mol. The number of nitrogens with zero attached hydrogens (tertiary/aromatic N) is 2. The lowest BCUT2D eigenvalue weighted by Crippen LogP contribution is -2.45. The number of aryl methyl sites for hydroxylation is 1. The fraction of sp³-hybridized carbons (Fsp3) is 0.533. The van der Waals surface area contributed by atoms with Crippen molar-refractivity contribution in [3.05, 3.63) is 39.4 Å². The summed E-state index contributed by atoms with van der Waals surface area (Å²) in [5.41, 5.74) is 1.07. The van der Waals surface area contributed by atoms with E-state index >= 15 is 0 Å². The van der Waals surface area contributed by atoms with Gasteiger partial charge in [-0.05, 0) is 45.9 Å². The molecule has 0 aliphatic carbocycles. The molecule has 1 aromatic carbocycles. The van der Waals surface area contributed by atoms with Crippen molar-refractivity contribution in [1.29, 1.82) is 0 Å². The molecule has 1 aliphatic rings. The molecule has 1 aliphatic heterocycles. The monoisotopic (exact) mass is 291 g/mol. The minimum Gasteiger partial charge on any atom is -0.332 e.